The minimum absolute atomic E-state index is 0.0376. The van der Waals surface area contributed by atoms with Gasteiger partial charge in [0.2, 0.25) is 5.91 Å². The number of carbonyl (C=O) groups excluding carboxylic acids is 1. The lowest BCUT2D eigenvalue weighted by atomic mass is 10.1. The molecule has 1 amide bonds. The Morgan fingerprint density at radius 2 is 1.88 bits per heavy atom. The van der Waals surface area contributed by atoms with Crippen molar-refractivity contribution in [1.29, 1.82) is 0 Å². The molecule has 3 rings (SSSR count). The predicted molar refractivity (Wildman–Crippen MR) is 106 cm³/mol. The second kappa shape index (κ2) is 8.36. The lowest BCUT2D eigenvalue weighted by Gasteiger charge is -2.12. The second-order valence-corrected chi connectivity index (χ2v) is 7.98. The van der Waals surface area contributed by atoms with Gasteiger partial charge in [0.15, 0.2) is 0 Å². The molecule has 3 aromatic rings. The lowest BCUT2D eigenvalue weighted by molar-refractivity contribution is -0.120. The largest absolute Gasteiger partial charge is 0.355 e. The maximum Gasteiger partial charge on any atom is 0.232 e. The highest BCUT2D eigenvalue weighted by molar-refractivity contribution is 7.99. The van der Waals surface area contributed by atoms with Crippen LogP contribution in [0.3, 0.4) is 0 Å². The third-order valence-corrected chi connectivity index (χ3v) is 6.19. The molecule has 2 aromatic carbocycles. The molecule has 124 valence electrons. The van der Waals surface area contributed by atoms with E-state index < -0.39 is 0 Å². The van der Waals surface area contributed by atoms with Crippen molar-refractivity contribution < 1.29 is 4.79 Å². The van der Waals surface area contributed by atoms with Gasteiger partial charge in [0.1, 0.15) is 0 Å². The molecule has 0 aliphatic carbocycles. The van der Waals surface area contributed by atoms with E-state index in [4.69, 9.17) is 0 Å². The first-order valence-electron chi connectivity index (χ1n) is 8.12. The van der Waals surface area contributed by atoms with Crippen LogP contribution >= 0.6 is 23.1 Å². The maximum atomic E-state index is 12.2. The molecule has 4 heteroatoms. The predicted octanol–water partition coefficient (Wildman–Crippen LogP) is 4.88. The summed E-state index contributed by atoms with van der Waals surface area (Å²) in [7, 11) is 0. The quantitative estimate of drug-likeness (QED) is 0.654. The van der Waals surface area contributed by atoms with Gasteiger partial charge in [-0.1, -0.05) is 48.5 Å². The van der Waals surface area contributed by atoms with E-state index in [2.05, 4.69) is 47.1 Å². The van der Waals surface area contributed by atoms with E-state index in [0.29, 0.717) is 6.54 Å². The highest BCUT2D eigenvalue weighted by Crippen LogP contribution is 2.25. The van der Waals surface area contributed by atoms with Gasteiger partial charge >= 0.3 is 0 Å². The van der Waals surface area contributed by atoms with Gasteiger partial charge in [-0.3, -0.25) is 4.79 Å². The van der Waals surface area contributed by atoms with E-state index in [9.17, 15) is 4.79 Å². The highest BCUT2D eigenvalue weighted by Gasteiger charge is 2.13. The fraction of sp³-hybridized carbons (Fsp3) is 0.250. The summed E-state index contributed by atoms with van der Waals surface area (Å²) < 4.78 is 1.31. The van der Waals surface area contributed by atoms with E-state index in [1.54, 1.807) is 23.1 Å². The first-order chi connectivity index (χ1) is 11.7. The van der Waals surface area contributed by atoms with Crippen LogP contribution in [0, 0.1) is 0 Å². The average molecular weight is 356 g/mol. The van der Waals surface area contributed by atoms with Crippen molar-refractivity contribution in [2.45, 2.75) is 24.3 Å². The molecule has 0 radical (unpaired) electrons. The number of amides is 1. The van der Waals surface area contributed by atoms with Crippen LogP contribution in [-0.2, 0) is 17.0 Å². The first kappa shape index (κ1) is 17.1. The fourth-order valence-corrected chi connectivity index (χ4v) is 4.43. The topological polar surface area (TPSA) is 29.1 Å². The summed E-state index contributed by atoms with van der Waals surface area (Å²) in [6, 6.07) is 18.7. The summed E-state index contributed by atoms with van der Waals surface area (Å²) in [6.07, 6.45) is 0.881. The van der Waals surface area contributed by atoms with Crippen LogP contribution < -0.4 is 5.32 Å². The molecule has 1 aromatic heterocycles. The number of benzene rings is 2. The number of hydrogen-bond donors (Lipinski definition) is 1. The number of hydrogen-bond acceptors (Lipinski definition) is 3. The normalized spacial score (nSPS) is 12.2. The minimum Gasteiger partial charge on any atom is -0.355 e. The molecule has 0 saturated heterocycles. The van der Waals surface area contributed by atoms with Crippen molar-refractivity contribution in [1.82, 2.24) is 5.32 Å². The molecule has 0 aliphatic rings. The van der Waals surface area contributed by atoms with Crippen molar-refractivity contribution in [3.63, 3.8) is 0 Å². The van der Waals surface area contributed by atoms with Crippen LogP contribution in [0.15, 0.2) is 60.0 Å². The fourth-order valence-electron chi connectivity index (χ4n) is 2.56. The second-order valence-electron chi connectivity index (χ2n) is 5.74. The van der Waals surface area contributed by atoms with E-state index in [1.807, 2.05) is 25.1 Å². The zero-order valence-electron chi connectivity index (χ0n) is 13.7. The van der Waals surface area contributed by atoms with E-state index in [1.165, 1.54) is 21.2 Å². The Balaban J connectivity index is 1.45. The van der Waals surface area contributed by atoms with Gasteiger partial charge in [0, 0.05) is 17.0 Å². The van der Waals surface area contributed by atoms with Crippen molar-refractivity contribution in [3.05, 3.63) is 71.1 Å². The molecule has 0 fully saturated rings. The lowest BCUT2D eigenvalue weighted by Crippen LogP contribution is -2.32. The van der Waals surface area contributed by atoms with E-state index in [0.717, 1.165) is 12.2 Å². The molecule has 0 bridgehead atoms. The number of thioether (sulfide) groups is 1. The summed E-state index contributed by atoms with van der Waals surface area (Å²) in [4.78, 5) is 12.2. The molecule has 1 unspecified atom stereocenters. The molecule has 24 heavy (non-hydrogen) atoms. The number of thiophene rings is 1. The molecule has 0 saturated carbocycles. The number of carbonyl (C=O) groups is 1. The van der Waals surface area contributed by atoms with Crippen LogP contribution in [0.1, 0.15) is 18.1 Å². The van der Waals surface area contributed by atoms with Crippen LogP contribution in [0.4, 0.5) is 0 Å². The molecule has 0 aliphatic heterocycles. The molecular formula is C20H21NOS2. The van der Waals surface area contributed by atoms with Crippen molar-refractivity contribution in [2.75, 3.05) is 6.54 Å². The number of rotatable bonds is 7. The molecule has 1 N–H and O–H groups in total. The van der Waals surface area contributed by atoms with E-state index in [-0.39, 0.29) is 11.2 Å². The van der Waals surface area contributed by atoms with Gasteiger partial charge in [-0.2, -0.15) is 0 Å². The third kappa shape index (κ3) is 4.40. The van der Waals surface area contributed by atoms with Gasteiger partial charge in [-0.25, -0.2) is 0 Å². The smallest absolute Gasteiger partial charge is 0.232 e. The molecular weight excluding hydrogens is 334 g/mol. The summed E-state index contributed by atoms with van der Waals surface area (Å²) in [5.74, 6) is 0.986. The third-order valence-electron chi connectivity index (χ3n) is 3.97. The Kier molecular flexibility index (Phi) is 5.94. The zero-order chi connectivity index (χ0) is 16.8. The Morgan fingerprint density at radius 1 is 1.12 bits per heavy atom. The maximum absolute atomic E-state index is 12.2. The summed E-state index contributed by atoms with van der Waals surface area (Å²) in [6.45, 7) is 2.67. The van der Waals surface area contributed by atoms with Crippen LogP contribution in [0.25, 0.3) is 10.1 Å². The average Bonchev–Trinajstić information content (AvgIpc) is 3.04. The highest BCUT2D eigenvalue weighted by atomic mass is 32.2. The van der Waals surface area contributed by atoms with Gasteiger partial charge in [-0.05, 0) is 41.3 Å². The Labute approximate surface area is 151 Å². The van der Waals surface area contributed by atoms with Crippen LogP contribution in [-0.4, -0.2) is 17.7 Å². The SMILES string of the molecule is CC(SCc1ccccc1)C(=O)NCCc1csc2ccccc12. The standard InChI is InChI=1S/C20H21NOS2/c1-15(23-13-16-7-3-2-4-8-16)20(22)21-12-11-17-14-24-19-10-6-5-9-18(17)19/h2-10,14-15H,11-13H2,1H3,(H,21,22). The molecule has 1 atom stereocenters. The van der Waals surface area contributed by atoms with Crippen LogP contribution in [0.5, 0.6) is 0 Å². The Morgan fingerprint density at radius 3 is 2.71 bits per heavy atom. The first-order valence-corrected chi connectivity index (χ1v) is 10.1. The Bertz CT molecular complexity index is 798. The van der Waals surface area contributed by atoms with Gasteiger partial charge in [0.05, 0.1) is 5.25 Å². The zero-order valence-corrected chi connectivity index (χ0v) is 15.3. The van der Waals surface area contributed by atoms with E-state index >= 15 is 0 Å². The molecule has 2 nitrogen and oxygen atoms in total. The Hall–Kier alpha value is -1.78. The van der Waals surface area contributed by atoms with Gasteiger partial charge in [-0.15, -0.1) is 23.1 Å². The van der Waals surface area contributed by atoms with Gasteiger partial charge in [0.25, 0.3) is 0 Å². The number of nitrogens with one attached hydrogen (secondary N) is 1. The van der Waals surface area contributed by atoms with Crippen LogP contribution in [0.2, 0.25) is 0 Å². The minimum atomic E-state index is -0.0376. The molecule has 1 heterocycles. The van der Waals surface area contributed by atoms with Crippen molar-refractivity contribution in [3.8, 4) is 0 Å². The van der Waals surface area contributed by atoms with Crippen molar-refractivity contribution in [2.24, 2.45) is 0 Å². The number of fused-ring (bicyclic) bond motifs is 1. The van der Waals surface area contributed by atoms with Gasteiger partial charge < -0.3 is 5.32 Å². The molecule has 0 spiro atoms. The monoisotopic (exact) mass is 355 g/mol. The summed E-state index contributed by atoms with van der Waals surface area (Å²) in [5.41, 5.74) is 2.58. The summed E-state index contributed by atoms with van der Waals surface area (Å²) >= 11 is 3.45. The summed E-state index contributed by atoms with van der Waals surface area (Å²) in [5, 5.41) is 6.54. The van der Waals surface area contributed by atoms with Crippen molar-refractivity contribution >= 4 is 39.1 Å².